The summed E-state index contributed by atoms with van der Waals surface area (Å²) in [5.74, 6) is -0.874. The van der Waals surface area contributed by atoms with E-state index in [0.29, 0.717) is 5.69 Å². The van der Waals surface area contributed by atoms with Gasteiger partial charge < -0.3 is 5.11 Å². The van der Waals surface area contributed by atoms with Gasteiger partial charge in [0, 0.05) is 17.6 Å². The number of fused-ring (bicyclic) bond motifs is 1. The molecule has 0 fully saturated rings. The number of thiazole rings is 1. The Kier molecular flexibility index (Phi) is 3.18. The summed E-state index contributed by atoms with van der Waals surface area (Å²) in [7, 11) is 0. The summed E-state index contributed by atoms with van der Waals surface area (Å²) in [4.78, 5) is 19.3. The van der Waals surface area contributed by atoms with E-state index in [1.54, 1.807) is 16.1 Å². The molecule has 3 aromatic rings. The van der Waals surface area contributed by atoms with Gasteiger partial charge in [-0.1, -0.05) is 0 Å². The van der Waals surface area contributed by atoms with E-state index in [2.05, 4.69) is 15.1 Å². The first-order valence-corrected chi connectivity index (χ1v) is 7.05. The van der Waals surface area contributed by atoms with Gasteiger partial charge in [0.1, 0.15) is 5.03 Å². The molecule has 0 aliphatic carbocycles. The molecule has 3 rings (SSSR count). The summed E-state index contributed by atoms with van der Waals surface area (Å²) in [6, 6.07) is 3.67. The highest BCUT2D eigenvalue weighted by atomic mass is 32.2. The lowest BCUT2D eigenvalue weighted by Gasteiger charge is -1.97. The Labute approximate surface area is 116 Å². The molecule has 0 aliphatic rings. The number of rotatable bonds is 4. The van der Waals surface area contributed by atoms with Crippen molar-refractivity contribution in [1.29, 1.82) is 0 Å². The Bertz CT molecular complexity index is 737. The lowest BCUT2D eigenvalue weighted by molar-refractivity contribution is -0.136. The number of carboxylic acids is 1. The van der Waals surface area contributed by atoms with Crippen LogP contribution < -0.4 is 0 Å². The molecule has 0 amide bonds. The van der Waals surface area contributed by atoms with E-state index >= 15 is 0 Å². The number of aromatic nitrogens is 4. The van der Waals surface area contributed by atoms with E-state index in [1.165, 1.54) is 23.1 Å². The second-order valence-corrected chi connectivity index (χ2v) is 5.80. The molecule has 0 radical (unpaired) electrons. The van der Waals surface area contributed by atoms with Crippen LogP contribution in [0.4, 0.5) is 0 Å². The molecule has 8 heteroatoms. The zero-order chi connectivity index (χ0) is 13.2. The maximum Gasteiger partial charge on any atom is 0.309 e. The Hall–Kier alpha value is -1.93. The third-order valence-electron chi connectivity index (χ3n) is 2.29. The molecular formula is C11H8N4O2S2. The van der Waals surface area contributed by atoms with Gasteiger partial charge in [-0.3, -0.25) is 4.79 Å². The summed E-state index contributed by atoms with van der Waals surface area (Å²) >= 11 is 2.84. The van der Waals surface area contributed by atoms with Crippen molar-refractivity contribution in [2.45, 2.75) is 15.8 Å². The van der Waals surface area contributed by atoms with Crippen molar-refractivity contribution in [2.24, 2.45) is 0 Å². The van der Waals surface area contributed by atoms with Crippen LogP contribution >= 0.6 is 23.1 Å². The highest BCUT2D eigenvalue weighted by molar-refractivity contribution is 8.01. The number of carboxylic acid groups (broad SMARTS) is 1. The molecule has 0 aromatic carbocycles. The largest absolute Gasteiger partial charge is 0.481 e. The minimum Gasteiger partial charge on any atom is -0.481 e. The predicted molar refractivity (Wildman–Crippen MR) is 70.6 cm³/mol. The average Bonchev–Trinajstić information content (AvgIpc) is 2.97. The molecule has 0 aliphatic heterocycles. The van der Waals surface area contributed by atoms with Crippen LogP contribution in [0.2, 0.25) is 0 Å². The van der Waals surface area contributed by atoms with Crippen molar-refractivity contribution in [2.75, 3.05) is 0 Å². The molecule has 0 unspecified atom stereocenters. The van der Waals surface area contributed by atoms with E-state index in [0.717, 1.165) is 15.0 Å². The highest BCUT2D eigenvalue weighted by Crippen LogP contribution is 2.29. The predicted octanol–water partition coefficient (Wildman–Crippen LogP) is 1.96. The standard InChI is InChI=1S/C11H8N4O2S2/c16-10(17)5-7-6-18-11(13-7)19-9-2-4-15-8(14-9)1-3-12-15/h1-4,6H,5H2,(H,16,17). The minimum atomic E-state index is -0.874. The zero-order valence-electron chi connectivity index (χ0n) is 9.55. The second kappa shape index (κ2) is 4.98. The van der Waals surface area contributed by atoms with Crippen LogP contribution in [0, 0.1) is 0 Å². The fraction of sp³-hybridized carbons (Fsp3) is 0.0909. The van der Waals surface area contributed by atoms with E-state index < -0.39 is 5.97 Å². The first kappa shape index (κ1) is 12.1. The van der Waals surface area contributed by atoms with Gasteiger partial charge in [0.25, 0.3) is 0 Å². The van der Waals surface area contributed by atoms with Crippen molar-refractivity contribution in [3.8, 4) is 0 Å². The fourth-order valence-corrected chi connectivity index (χ4v) is 3.26. The highest BCUT2D eigenvalue weighted by Gasteiger charge is 2.08. The van der Waals surface area contributed by atoms with Gasteiger partial charge in [-0.05, 0) is 17.8 Å². The first-order valence-electron chi connectivity index (χ1n) is 5.35. The maximum absolute atomic E-state index is 10.6. The van der Waals surface area contributed by atoms with E-state index in [9.17, 15) is 4.79 Å². The summed E-state index contributed by atoms with van der Waals surface area (Å²) in [5, 5.41) is 15.3. The quantitative estimate of drug-likeness (QED) is 0.740. The number of nitrogens with zero attached hydrogens (tertiary/aromatic N) is 4. The van der Waals surface area contributed by atoms with Gasteiger partial charge in [0.2, 0.25) is 0 Å². The molecule has 3 heterocycles. The van der Waals surface area contributed by atoms with Crippen LogP contribution in [0.5, 0.6) is 0 Å². The Morgan fingerprint density at radius 2 is 2.32 bits per heavy atom. The SMILES string of the molecule is O=C(O)Cc1csc(Sc2ccn3nccc3n2)n1. The smallest absolute Gasteiger partial charge is 0.309 e. The minimum absolute atomic E-state index is 0.0495. The Morgan fingerprint density at radius 3 is 3.16 bits per heavy atom. The maximum atomic E-state index is 10.6. The second-order valence-electron chi connectivity index (χ2n) is 3.68. The molecule has 19 heavy (non-hydrogen) atoms. The lowest BCUT2D eigenvalue weighted by atomic mass is 10.3. The molecule has 0 bridgehead atoms. The van der Waals surface area contributed by atoms with Crippen molar-refractivity contribution in [3.05, 3.63) is 35.6 Å². The number of carbonyl (C=O) groups is 1. The van der Waals surface area contributed by atoms with Crippen LogP contribution in [0.25, 0.3) is 5.65 Å². The van der Waals surface area contributed by atoms with Gasteiger partial charge in [-0.25, -0.2) is 14.5 Å². The molecular weight excluding hydrogens is 284 g/mol. The summed E-state index contributed by atoms with van der Waals surface area (Å²) in [6.07, 6.45) is 3.47. The Morgan fingerprint density at radius 1 is 1.42 bits per heavy atom. The van der Waals surface area contributed by atoms with Crippen molar-refractivity contribution >= 4 is 34.7 Å². The Balaban J connectivity index is 1.80. The average molecular weight is 292 g/mol. The molecule has 3 aromatic heterocycles. The first-order chi connectivity index (χ1) is 9.20. The zero-order valence-corrected chi connectivity index (χ0v) is 11.2. The third-order valence-corrected chi connectivity index (χ3v) is 4.21. The third kappa shape index (κ3) is 2.74. The van der Waals surface area contributed by atoms with Gasteiger partial charge in [0.15, 0.2) is 9.99 Å². The van der Waals surface area contributed by atoms with Crippen molar-refractivity contribution in [3.63, 3.8) is 0 Å². The fourth-order valence-electron chi connectivity index (χ4n) is 1.51. The van der Waals surface area contributed by atoms with E-state index in [-0.39, 0.29) is 6.42 Å². The molecule has 96 valence electrons. The summed E-state index contributed by atoms with van der Waals surface area (Å²) in [5.41, 5.74) is 1.35. The van der Waals surface area contributed by atoms with Crippen LogP contribution in [-0.2, 0) is 11.2 Å². The van der Waals surface area contributed by atoms with Crippen LogP contribution in [0.3, 0.4) is 0 Å². The number of hydrogen-bond donors (Lipinski definition) is 1. The summed E-state index contributed by atoms with van der Waals surface area (Å²) < 4.78 is 2.47. The van der Waals surface area contributed by atoms with Crippen LogP contribution in [-0.4, -0.2) is 30.7 Å². The molecule has 0 atom stereocenters. The molecule has 0 saturated heterocycles. The van der Waals surface area contributed by atoms with Crippen LogP contribution in [0.15, 0.2) is 39.3 Å². The van der Waals surface area contributed by atoms with Gasteiger partial charge in [-0.15, -0.1) is 11.3 Å². The number of aliphatic carboxylic acids is 1. The lowest BCUT2D eigenvalue weighted by Crippen LogP contribution is -1.99. The van der Waals surface area contributed by atoms with E-state index in [1.807, 2.05) is 18.3 Å². The van der Waals surface area contributed by atoms with Crippen LogP contribution in [0.1, 0.15) is 5.69 Å². The molecule has 1 N–H and O–H groups in total. The normalized spacial score (nSPS) is 10.9. The molecule has 6 nitrogen and oxygen atoms in total. The van der Waals surface area contributed by atoms with E-state index in [4.69, 9.17) is 5.11 Å². The van der Waals surface area contributed by atoms with Crippen molar-refractivity contribution in [1.82, 2.24) is 19.6 Å². The van der Waals surface area contributed by atoms with Gasteiger partial charge in [0.05, 0.1) is 18.3 Å². The van der Waals surface area contributed by atoms with Crippen molar-refractivity contribution < 1.29 is 9.90 Å². The monoisotopic (exact) mass is 292 g/mol. The van der Waals surface area contributed by atoms with Gasteiger partial charge in [-0.2, -0.15) is 5.10 Å². The molecule has 0 saturated carbocycles. The van der Waals surface area contributed by atoms with Gasteiger partial charge >= 0.3 is 5.97 Å². The topological polar surface area (TPSA) is 80.4 Å². The molecule has 0 spiro atoms. The number of hydrogen-bond acceptors (Lipinski definition) is 6. The summed E-state index contributed by atoms with van der Waals surface area (Å²) in [6.45, 7) is 0.